The summed E-state index contributed by atoms with van der Waals surface area (Å²) >= 11 is 5.04. The smallest absolute Gasteiger partial charge is 0.236 e. The van der Waals surface area contributed by atoms with E-state index in [1.165, 1.54) is 0 Å². The summed E-state index contributed by atoms with van der Waals surface area (Å²) in [5.74, 6) is 0.0448. The first-order valence-corrected chi connectivity index (χ1v) is 5.96. The molecule has 0 aromatic carbocycles. The minimum Gasteiger partial charge on any atom is -0.354 e. The molecule has 0 saturated heterocycles. The molecular formula is C8H16BrNOS. The topological polar surface area (TPSA) is 29.1 Å². The van der Waals surface area contributed by atoms with Crippen molar-refractivity contribution in [2.45, 2.75) is 30.3 Å². The van der Waals surface area contributed by atoms with Crippen molar-refractivity contribution < 1.29 is 4.79 Å². The molecule has 0 spiro atoms. The van der Waals surface area contributed by atoms with Gasteiger partial charge in [0.15, 0.2) is 0 Å². The predicted molar refractivity (Wildman–Crippen MR) is 59.0 cm³/mol. The van der Waals surface area contributed by atoms with Crippen LogP contribution in [0.4, 0.5) is 0 Å². The van der Waals surface area contributed by atoms with Crippen LogP contribution in [0.5, 0.6) is 0 Å². The summed E-state index contributed by atoms with van der Waals surface area (Å²) in [5.41, 5.74) is 0. The van der Waals surface area contributed by atoms with E-state index >= 15 is 0 Å². The molecule has 0 radical (unpaired) electrons. The highest BCUT2D eigenvalue weighted by Crippen LogP contribution is 2.15. The van der Waals surface area contributed by atoms with Crippen LogP contribution in [-0.4, -0.2) is 28.3 Å². The minimum atomic E-state index is -0.453. The van der Waals surface area contributed by atoms with E-state index in [0.29, 0.717) is 5.25 Å². The van der Waals surface area contributed by atoms with E-state index in [-0.39, 0.29) is 5.91 Å². The largest absolute Gasteiger partial charge is 0.354 e. The van der Waals surface area contributed by atoms with Gasteiger partial charge in [0.2, 0.25) is 5.91 Å². The Morgan fingerprint density at radius 3 is 2.50 bits per heavy atom. The highest BCUT2D eigenvalue weighted by Gasteiger charge is 2.23. The van der Waals surface area contributed by atoms with Crippen molar-refractivity contribution in [2.75, 3.05) is 12.8 Å². The fourth-order valence-electron chi connectivity index (χ4n) is 0.530. The molecule has 72 valence electrons. The molecule has 0 aliphatic heterocycles. The molecule has 1 N–H and O–H groups in total. The van der Waals surface area contributed by atoms with Gasteiger partial charge in [-0.25, -0.2) is 0 Å². The van der Waals surface area contributed by atoms with Crippen LogP contribution >= 0.6 is 27.7 Å². The molecule has 0 aromatic heterocycles. The summed E-state index contributed by atoms with van der Waals surface area (Å²) in [6.07, 6.45) is 2.04. The maximum Gasteiger partial charge on any atom is 0.236 e. The van der Waals surface area contributed by atoms with Gasteiger partial charge in [-0.3, -0.25) is 4.79 Å². The Balaban J connectivity index is 3.73. The summed E-state index contributed by atoms with van der Waals surface area (Å²) in [4.78, 5) is 11.3. The van der Waals surface area contributed by atoms with Crippen LogP contribution in [0.2, 0.25) is 0 Å². The van der Waals surface area contributed by atoms with Gasteiger partial charge in [0.25, 0.3) is 0 Å². The summed E-state index contributed by atoms with van der Waals surface area (Å²) < 4.78 is -0.453. The fraction of sp³-hybridized carbons (Fsp3) is 0.875. The minimum absolute atomic E-state index is 0.0448. The molecule has 0 aromatic rings. The second-order valence-electron chi connectivity index (χ2n) is 3.23. The first-order chi connectivity index (χ1) is 5.38. The van der Waals surface area contributed by atoms with E-state index in [2.05, 4.69) is 28.2 Å². The maximum absolute atomic E-state index is 11.3. The van der Waals surface area contributed by atoms with Crippen LogP contribution in [-0.2, 0) is 4.79 Å². The van der Waals surface area contributed by atoms with Crippen LogP contribution in [0.1, 0.15) is 20.8 Å². The second kappa shape index (κ2) is 5.12. The molecule has 12 heavy (non-hydrogen) atoms. The molecule has 1 unspecified atom stereocenters. The highest BCUT2D eigenvalue weighted by molar-refractivity contribution is 9.10. The van der Waals surface area contributed by atoms with Gasteiger partial charge in [0, 0.05) is 11.8 Å². The third-order valence-electron chi connectivity index (χ3n) is 1.49. The van der Waals surface area contributed by atoms with Crippen LogP contribution in [0, 0.1) is 0 Å². The van der Waals surface area contributed by atoms with Gasteiger partial charge in [-0.05, 0) is 20.1 Å². The van der Waals surface area contributed by atoms with E-state index in [0.717, 1.165) is 6.54 Å². The molecule has 0 aliphatic rings. The lowest BCUT2D eigenvalue weighted by Gasteiger charge is -2.17. The lowest BCUT2D eigenvalue weighted by Crippen LogP contribution is -2.40. The molecule has 4 heteroatoms. The van der Waals surface area contributed by atoms with Crippen molar-refractivity contribution in [3.8, 4) is 0 Å². The van der Waals surface area contributed by atoms with Crippen molar-refractivity contribution in [1.82, 2.24) is 5.32 Å². The number of alkyl halides is 1. The number of halogens is 1. The summed E-state index contributed by atoms with van der Waals surface area (Å²) in [6, 6.07) is 0. The van der Waals surface area contributed by atoms with Gasteiger partial charge < -0.3 is 5.32 Å². The van der Waals surface area contributed by atoms with Crippen LogP contribution < -0.4 is 5.32 Å². The van der Waals surface area contributed by atoms with Crippen LogP contribution in [0.25, 0.3) is 0 Å². The van der Waals surface area contributed by atoms with E-state index in [1.807, 2.05) is 20.1 Å². The van der Waals surface area contributed by atoms with Crippen molar-refractivity contribution in [1.29, 1.82) is 0 Å². The molecule has 0 aliphatic carbocycles. The molecule has 0 bridgehead atoms. The molecule has 0 heterocycles. The zero-order chi connectivity index (χ0) is 9.78. The summed E-state index contributed by atoms with van der Waals surface area (Å²) in [5, 5.41) is 3.34. The first-order valence-electron chi connectivity index (χ1n) is 3.88. The Morgan fingerprint density at radius 1 is 1.67 bits per heavy atom. The van der Waals surface area contributed by atoms with Crippen LogP contribution in [0.3, 0.4) is 0 Å². The van der Waals surface area contributed by atoms with Crippen molar-refractivity contribution in [3.63, 3.8) is 0 Å². The fourth-order valence-corrected chi connectivity index (χ4v) is 0.920. The van der Waals surface area contributed by atoms with E-state index in [1.54, 1.807) is 11.8 Å². The van der Waals surface area contributed by atoms with Gasteiger partial charge in [0.05, 0.1) is 4.32 Å². The normalized spacial score (nSPS) is 14.1. The monoisotopic (exact) mass is 253 g/mol. The number of rotatable bonds is 4. The predicted octanol–water partition coefficient (Wildman–Crippen LogP) is 2.03. The molecule has 0 rings (SSSR count). The Bertz CT molecular complexity index is 156. The third-order valence-corrected chi connectivity index (χ3v) is 2.82. The third kappa shape index (κ3) is 5.04. The number of hydrogen-bond acceptors (Lipinski definition) is 2. The van der Waals surface area contributed by atoms with E-state index in [9.17, 15) is 4.79 Å². The van der Waals surface area contributed by atoms with Gasteiger partial charge >= 0.3 is 0 Å². The van der Waals surface area contributed by atoms with Gasteiger partial charge in [-0.1, -0.05) is 22.9 Å². The highest BCUT2D eigenvalue weighted by atomic mass is 79.9. The zero-order valence-corrected chi connectivity index (χ0v) is 10.4. The first kappa shape index (κ1) is 12.3. The van der Waals surface area contributed by atoms with Gasteiger partial charge in [-0.2, -0.15) is 11.8 Å². The zero-order valence-electron chi connectivity index (χ0n) is 7.98. The summed E-state index contributed by atoms with van der Waals surface area (Å²) in [7, 11) is 0. The number of hydrogen-bond donors (Lipinski definition) is 1. The number of carbonyl (C=O) groups is 1. The number of nitrogens with one attached hydrogen (secondary N) is 1. The molecule has 1 amide bonds. The van der Waals surface area contributed by atoms with Crippen molar-refractivity contribution >= 4 is 33.6 Å². The second-order valence-corrected chi connectivity index (χ2v) is 6.49. The van der Waals surface area contributed by atoms with Gasteiger partial charge in [-0.15, -0.1) is 0 Å². The molecular weight excluding hydrogens is 238 g/mol. The molecule has 0 fully saturated rings. The average molecular weight is 254 g/mol. The van der Waals surface area contributed by atoms with Crippen LogP contribution in [0.15, 0.2) is 0 Å². The molecule has 1 atom stereocenters. The average Bonchev–Trinajstić information content (AvgIpc) is 1.97. The van der Waals surface area contributed by atoms with Gasteiger partial charge in [0.1, 0.15) is 0 Å². The number of carbonyl (C=O) groups excluding carboxylic acids is 1. The Hall–Kier alpha value is 0.300. The maximum atomic E-state index is 11.3. The number of thioether (sulfide) groups is 1. The van der Waals surface area contributed by atoms with E-state index < -0.39 is 4.32 Å². The summed E-state index contributed by atoms with van der Waals surface area (Å²) in [6.45, 7) is 6.50. The number of amides is 1. The molecule has 2 nitrogen and oxygen atoms in total. The molecule has 0 saturated carbocycles. The Morgan fingerprint density at radius 2 is 2.17 bits per heavy atom. The Labute approximate surface area is 87.0 Å². The standard InChI is InChI=1S/C8H16BrNOS/c1-6(12-4)5-10-7(11)8(2,3)9/h6H,5H2,1-4H3,(H,10,11). The van der Waals surface area contributed by atoms with E-state index in [4.69, 9.17) is 0 Å². The Kier molecular flexibility index (Phi) is 5.25. The SMILES string of the molecule is CSC(C)CNC(=O)C(C)(C)Br. The van der Waals surface area contributed by atoms with Crippen molar-refractivity contribution in [2.24, 2.45) is 0 Å². The quantitative estimate of drug-likeness (QED) is 0.778. The lowest BCUT2D eigenvalue weighted by atomic mass is 10.2. The van der Waals surface area contributed by atoms with Crippen molar-refractivity contribution in [3.05, 3.63) is 0 Å². The lowest BCUT2D eigenvalue weighted by molar-refractivity contribution is -0.122.